The molecule has 0 saturated heterocycles. The lowest BCUT2D eigenvalue weighted by Gasteiger charge is -2.09. The maximum absolute atomic E-state index is 11.3. The van der Waals surface area contributed by atoms with Gasteiger partial charge in [-0.25, -0.2) is 4.79 Å². The number of aromatic carboxylic acids is 1. The maximum atomic E-state index is 11.3. The molecular weight excluding hydrogens is 276 g/mol. The highest BCUT2D eigenvalue weighted by atomic mass is 32.2. The van der Waals surface area contributed by atoms with Crippen LogP contribution >= 0.6 is 11.8 Å². The van der Waals surface area contributed by atoms with Crippen LogP contribution in [0.5, 0.6) is 0 Å². The number of hydrogen-bond donors (Lipinski definition) is 3. The lowest BCUT2D eigenvalue weighted by Crippen LogP contribution is -2.03. The number of carboxylic acid groups (broad SMARTS) is 1. The number of carboxylic acids is 1. The third-order valence-corrected chi connectivity index (χ3v) is 4.22. The summed E-state index contributed by atoms with van der Waals surface area (Å²) in [4.78, 5) is 12.6. The predicted octanol–water partition coefficient (Wildman–Crippen LogP) is 3.79. The first kappa shape index (κ1) is 12.6. The SMILES string of the molecule is O=C(O)c1cccc2c1C(O)=C(O)c1ccccc1S2. The van der Waals surface area contributed by atoms with E-state index in [1.165, 1.54) is 17.8 Å². The standard InChI is InChI=1S/C15H10O4S/c16-13-8-4-1-2-6-10(8)20-11-7-3-5-9(15(18)19)12(11)14(13)17/h1-7,16-17H,(H,18,19). The second-order valence-corrected chi connectivity index (χ2v) is 5.36. The van der Waals surface area contributed by atoms with Crippen molar-refractivity contribution in [2.45, 2.75) is 9.79 Å². The van der Waals surface area contributed by atoms with Gasteiger partial charge in [-0.1, -0.05) is 30.0 Å². The van der Waals surface area contributed by atoms with E-state index in [-0.39, 0.29) is 16.9 Å². The van der Waals surface area contributed by atoms with E-state index in [1.807, 2.05) is 12.1 Å². The highest BCUT2D eigenvalue weighted by Gasteiger charge is 2.25. The molecule has 0 fully saturated rings. The van der Waals surface area contributed by atoms with E-state index in [0.717, 1.165) is 4.90 Å². The van der Waals surface area contributed by atoms with Gasteiger partial charge in [-0.3, -0.25) is 0 Å². The van der Waals surface area contributed by atoms with Crippen LogP contribution in [0.3, 0.4) is 0 Å². The third kappa shape index (κ3) is 1.83. The molecule has 20 heavy (non-hydrogen) atoms. The fourth-order valence-electron chi connectivity index (χ4n) is 2.15. The van der Waals surface area contributed by atoms with Crippen molar-refractivity contribution in [3.8, 4) is 0 Å². The van der Waals surface area contributed by atoms with E-state index < -0.39 is 11.7 Å². The maximum Gasteiger partial charge on any atom is 0.336 e. The van der Waals surface area contributed by atoms with Crippen LogP contribution in [0.1, 0.15) is 21.5 Å². The molecule has 2 aromatic rings. The molecular formula is C15H10O4S. The van der Waals surface area contributed by atoms with E-state index in [1.54, 1.807) is 24.3 Å². The molecule has 0 spiro atoms. The zero-order valence-corrected chi connectivity index (χ0v) is 11.0. The van der Waals surface area contributed by atoms with Crippen LogP contribution in [0, 0.1) is 0 Å². The average molecular weight is 286 g/mol. The Kier molecular flexibility index (Phi) is 2.91. The molecule has 0 aromatic heterocycles. The third-order valence-electron chi connectivity index (χ3n) is 3.08. The largest absolute Gasteiger partial charge is 0.504 e. The van der Waals surface area contributed by atoms with Crippen LogP contribution in [0.4, 0.5) is 0 Å². The molecule has 0 unspecified atom stereocenters. The molecule has 3 N–H and O–H groups in total. The number of aliphatic hydroxyl groups excluding tert-OH is 2. The minimum Gasteiger partial charge on any atom is -0.504 e. The molecule has 0 amide bonds. The van der Waals surface area contributed by atoms with Crippen molar-refractivity contribution < 1.29 is 20.1 Å². The Bertz CT molecular complexity index is 749. The van der Waals surface area contributed by atoms with Gasteiger partial charge >= 0.3 is 5.97 Å². The molecule has 5 heteroatoms. The van der Waals surface area contributed by atoms with E-state index in [9.17, 15) is 20.1 Å². The summed E-state index contributed by atoms with van der Waals surface area (Å²) in [6.45, 7) is 0. The van der Waals surface area contributed by atoms with Crippen LogP contribution in [-0.4, -0.2) is 21.3 Å². The predicted molar refractivity (Wildman–Crippen MR) is 76.0 cm³/mol. The molecule has 3 rings (SSSR count). The lowest BCUT2D eigenvalue weighted by atomic mass is 10.0. The van der Waals surface area contributed by atoms with Gasteiger partial charge in [0.2, 0.25) is 0 Å². The van der Waals surface area contributed by atoms with E-state index in [2.05, 4.69) is 0 Å². The van der Waals surface area contributed by atoms with Gasteiger partial charge in [0.05, 0.1) is 5.56 Å². The zero-order valence-electron chi connectivity index (χ0n) is 10.2. The second kappa shape index (κ2) is 4.61. The Morgan fingerprint density at radius 1 is 0.900 bits per heavy atom. The minimum atomic E-state index is -1.15. The second-order valence-electron chi connectivity index (χ2n) is 4.28. The van der Waals surface area contributed by atoms with Crippen LogP contribution in [0.15, 0.2) is 52.3 Å². The van der Waals surface area contributed by atoms with Gasteiger partial charge in [-0.15, -0.1) is 0 Å². The summed E-state index contributed by atoms with van der Waals surface area (Å²) in [5.41, 5.74) is 0.605. The molecule has 0 aliphatic carbocycles. The Labute approximate surface area is 119 Å². The number of aliphatic hydroxyl groups is 2. The highest BCUT2D eigenvalue weighted by Crippen LogP contribution is 2.43. The number of hydrogen-bond acceptors (Lipinski definition) is 4. The summed E-state index contributed by atoms with van der Waals surface area (Å²) in [7, 11) is 0. The van der Waals surface area contributed by atoms with Gasteiger partial charge in [0.25, 0.3) is 0 Å². The number of carbonyl (C=O) groups is 1. The molecule has 0 saturated carbocycles. The average Bonchev–Trinajstić information content (AvgIpc) is 2.55. The summed E-state index contributed by atoms with van der Waals surface area (Å²) >= 11 is 1.32. The number of fused-ring (bicyclic) bond motifs is 2. The fraction of sp³-hybridized carbons (Fsp3) is 0. The zero-order chi connectivity index (χ0) is 14.3. The molecule has 100 valence electrons. The van der Waals surface area contributed by atoms with Crippen molar-refractivity contribution in [2.24, 2.45) is 0 Å². The van der Waals surface area contributed by atoms with Crippen molar-refractivity contribution in [3.05, 3.63) is 59.2 Å². The Morgan fingerprint density at radius 3 is 2.35 bits per heavy atom. The summed E-state index contributed by atoms with van der Waals surface area (Å²) in [5, 5.41) is 29.7. The van der Waals surface area contributed by atoms with Crippen molar-refractivity contribution in [3.63, 3.8) is 0 Å². The Balaban J connectivity index is 2.36. The molecule has 4 nitrogen and oxygen atoms in total. The first-order chi connectivity index (χ1) is 9.59. The quantitative estimate of drug-likeness (QED) is 0.743. The van der Waals surface area contributed by atoms with Gasteiger partial charge in [0, 0.05) is 20.9 Å². The van der Waals surface area contributed by atoms with Gasteiger partial charge in [0.15, 0.2) is 11.5 Å². The molecule has 0 bridgehead atoms. The van der Waals surface area contributed by atoms with Crippen LogP contribution in [0.25, 0.3) is 11.5 Å². The van der Waals surface area contributed by atoms with E-state index >= 15 is 0 Å². The van der Waals surface area contributed by atoms with E-state index in [4.69, 9.17) is 0 Å². The van der Waals surface area contributed by atoms with Gasteiger partial charge in [-0.2, -0.15) is 0 Å². The number of benzene rings is 2. The summed E-state index contributed by atoms with van der Waals surface area (Å²) in [6.07, 6.45) is 0. The smallest absolute Gasteiger partial charge is 0.336 e. The van der Waals surface area contributed by atoms with Crippen molar-refractivity contribution in [2.75, 3.05) is 0 Å². The molecule has 1 aliphatic heterocycles. The van der Waals surface area contributed by atoms with Gasteiger partial charge in [0.1, 0.15) is 0 Å². The molecule has 1 aliphatic rings. The fourth-order valence-corrected chi connectivity index (χ4v) is 3.27. The highest BCUT2D eigenvalue weighted by molar-refractivity contribution is 7.99. The van der Waals surface area contributed by atoms with Crippen molar-refractivity contribution in [1.82, 2.24) is 0 Å². The van der Waals surface area contributed by atoms with E-state index in [0.29, 0.717) is 10.5 Å². The van der Waals surface area contributed by atoms with Gasteiger partial charge < -0.3 is 15.3 Å². The minimum absolute atomic E-state index is 0.0353. The van der Waals surface area contributed by atoms with Crippen LogP contribution < -0.4 is 0 Å². The van der Waals surface area contributed by atoms with Crippen LogP contribution in [0.2, 0.25) is 0 Å². The normalized spacial score (nSPS) is 13.4. The van der Waals surface area contributed by atoms with Crippen molar-refractivity contribution >= 4 is 29.2 Å². The van der Waals surface area contributed by atoms with Gasteiger partial charge in [-0.05, 0) is 24.3 Å². The van der Waals surface area contributed by atoms with Crippen molar-refractivity contribution in [1.29, 1.82) is 0 Å². The number of rotatable bonds is 1. The molecule has 0 radical (unpaired) electrons. The first-order valence-electron chi connectivity index (χ1n) is 5.85. The lowest BCUT2D eigenvalue weighted by molar-refractivity contribution is 0.0696. The topological polar surface area (TPSA) is 77.8 Å². The first-order valence-corrected chi connectivity index (χ1v) is 6.67. The molecule has 0 atom stereocenters. The molecule has 2 aromatic carbocycles. The summed E-state index contributed by atoms with van der Waals surface area (Å²) in [6, 6.07) is 11.8. The summed E-state index contributed by atoms with van der Waals surface area (Å²) < 4.78 is 0. The molecule has 1 heterocycles. The Hall–Kier alpha value is -2.40. The monoisotopic (exact) mass is 286 g/mol. The van der Waals surface area contributed by atoms with Crippen LogP contribution in [-0.2, 0) is 0 Å². The summed E-state index contributed by atoms with van der Waals surface area (Å²) in [5.74, 6) is -1.86. The Morgan fingerprint density at radius 2 is 1.60 bits per heavy atom.